The van der Waals surface area contributed by atoms with Crippen molar-refractivity contribution in [2.24, 2.45) is 0 Å². The van der Waals surface area contributed by atoms with Crippen LogP contribution < -0.4 is 14.4 Å². The third-order valence-corrected chi connectivity index (χ3v) is 11.6. The Balaban J connectivity index is 1.33. The number of nitrogens with zero attached hydrogens (tertiary/aromatic N) is 4. The first-order valence-corrected chi connectivity index (χ1v) is 18.5. The van der Waals surface area contributed by atoms with Crippen LogP contribution in [0.5, 0.6) is 5.75 Å². The summed E-state index contributed by atoms with van der Waals surface area (Å²) in [5, 5.41) is 1.03. The third-order valence-electron chi connectivity index (χ3n) is 10.2. The minimum absolute atomic E-state index is 0.0126. The lowest BCUT2D eigenvalue weighted by Gasteiger charge is -2.36. The normalized spacial score (nSPS) is 16.9. The van der Waals surface area contributed by atoms with E-state index in [9.17, 15) is 18.0 Å². The first kappa shape index (κ1) is 32.9. The van der Waals surface area contributed by atoms with Gasteiger partial charge in [-0.05, 0) is 78.4 Å². The van der Waals surface area contributed by atoms with Gasteiger partial charge in [-0.1, -0.05) is 43.5 Å². The molecular weight excluding hydrogens is 639 g/mol. The molecule has 256 valence electrons. The number of piperazine rings is 1. The Labute approximate surface area is 288 Å². The van der Waals surface area contributed by atoms with Crippen LogP contribution in [0.25, 0.3) is 28.2 Å². The van der Waals surface area contributed by atoms with E-state index >= 15 is 0 Å². The average molecular weight is 682 g/mol. The molecule has 2 aliphatic heterocycles. The molecule has 11 heteroatoms. The fraction of sp³-hybridized carbons (Fsp3) is 0.368. The summed E-state index contributed by atoms with van der Waals surface area (Å²) in [6, 6.07) is 21.7. The van der Waals surface area contributed by atoms with E-state index in [2.05, 4.69) is 32.4 Å². The van der Waals surface area contributed by atoms with Crippen LogP contribution >= 0.6 is 0 Å². The van der Waals surface area contributed by atoms with Crippen LogP contribution in [0.2, 0.25) is 0 Å². The lowest BCUT2D eigenvalue weighted by atomic mass is 9.81. The van der Waals surface area contributed by atoms with Crippen molar-refractivity contribution >= 4 is 44.7 Å². The largest absolute Gasteiger partial charge is 0.497 e. The van der Waals surface area contributed by atoms with Crippen LogP contribution in [-0.2, 0) is 21.5 Å². The Bertz CT molecular complexity index is 2040. The molecule has 4 aromatic rings. The number of benzene rings is 3. The van der Waals surface area contributed by atoms with Gasteiger partial charge in [-0.3, -0.25) is 9.59 Å². The topological polar surface area (TPSA) is 104 Å². The van der Waals surface area contributed by atoms with E-state index in [-0.39, 0.29) is 11.5 Å². The molecular formula is C38H43N5O5S. The molecule has 3 heterocycles. The van der Waals surface area contributed by atoms with E-state index in [1.54, 1.807) is 19.2 Å². The van der Waals surface area contributed by atoms with Crippen molar-refractivity contribution in [1.29, 1.82) is 0 Å². The molecule has 1 aromatic heterocycles. The van der Waals surface area contributed by atoms with Crippen molar-refractivity contribution in [3.05, 3.63) is 89.0 Å². The van der Waals surface area contributed by atoms with E-state index < -0.39 is 16.1 Å². The molecule has 7 rings (SSSR count). The van der Waals surface area contributed by atoms with E-state index in [0.717, 1.165) is 76.5 Å². The number of aromatic nitrogens is 1. The van der Waals surface area contributed by atoms with E-state index in [0.29, 0.717) is 36.9 Å². The van der Waals surface area contributed by atoms with Crippen molar-refractivity contribution in [3.63, 3.8) is 0 Å². The van der Waals surface area contributed by atoms with Gasteiger partial charge in [-0.15, -0.1) is 0 Å². The number of hydrogen-bond acceptors (Lipinski definition) is 6. The van der Waals surface area contributed by atoms with Gasteiger partial charge in [-0.25, -0.2) is 4.72 Å². The van der Waals surface area contributed by atoms with Gasteiger partial charge in [-0.2, -0.15) is 12.7 Å². The van der Waals surface area contributed by atoms with Gasteiger partial charge in [0, 0.05) is 73.6 Å². The summed E-state index contributed by atoms with van der Waals surface area (Å²) in [5.41, 5.74) is 7.05. The Kier molecular flexibility index (Phi) is 8.97. The smallest absolute Gasteiger partial charge is 0.303 e. The first-order chi connectivity index (χ1) is 23.6. The monoisotopic (exact) mass is 681 g/mol. The van der Waals surface area contributed by atoms with Crippen molar-refractivity contribution in [3.8, 4) is 17.0 Å². The maximum atomic E-state index is 14.4. The molecule has 2 amide bonds. The molecule has 0 bridgehead atoms. The number of hydrogen-bond donors (Lipinski definition) is 1. The molecule has 0 unspecified atom stereocenters. The van der Waals surface area contributed by atoms with E-state index in [1.165, 1.54) is 26.1 Å². The van der Waals surface area contributed by atoms with Crippen LogP contribution in [-0.4, -0.2) is 81.4 Å². The Morgan fingerprint density at radius 1 is 0.898 bits per heavy atom. The second-order valence-corrected chi connectivity index (χ2v) is 15.3. The number of amides is 2. The number of nitrogens with one attached hydrogen (secondary N) is 1. The zero-order valence-corrected chi connectivity index (χ0v) is 29.1. The molecule has 2 fully saturated rings. The molecule has 10 nitrogen and oxygen atoms in total. The van der Waals surface area contributed by atoms with Gasteiger partial charge >= 0.3 is 10.2 Å². The Morgan fingerprint density at radius 3 is 2.33 bits per heavy atom. The lowest BCUT2D eigenvalue weighted by molar-refractivity contribution is -0.127. The van der Waals surface area contributed by atoms with Crippen molar-refractivity contribution in [2.75, 3.05) is 52.3 Å². The molecule has 0 radical (unpaired) electrons. The molecule has 0 atom stereocenters. The summed E-state index contributed by atoms with van der Waals surface area (Å²) in [5.74, 6) is 0.316. The van der Waals surface area contributed by atoms with Crippen molar-refractivity contribution in [1.82, 2.24) is 18.5 Å². The second-order valence-electron chi connectivity index (χ2n) is 13.4. The number of rotatable bonds is 7. The lowest BCUT2D eigenvalue weighted by Crippen LogP contribution is -2.49. The van der Waals surface area contributed by atoms with Gasteiger partial charge in [0.15, 0.2) is 0 Å². The minimum Gasteiger partial charge on any atom is -0.497 e. The highest BCUT2D eigenvalue weighted by Crippen LogP contribution is 2.47. The molecule has 1 saturated carbocycles. The highest BCUT2D eigenvalue weighted by molar-refractivity contribution is 7.87. The summed E-state index contributed by atoms with van der Waals surface area (Å²) in [7, 11) is 0.416. The van der Waals surface area contributed by atoms with Crippen LogP contribution in [0, 0.1) is 0 Å². The molecule has 49 heavy (non-hydrogen) atoms. The average Bonchev–Trinajstić information content (AvgIpc) is 3.34. The molecule has 0 spiro atoms. The molecule has 3 aromatic carbocycles. The predicted octanol–water partition coefficient (Wildman–Crippen LogP) is 5.65. The zero-order chi connectivity index (χ0) is 34.3. The van der Waals surface area contributed by atoms with Crippen LogP contribution in [0.15, 0.2) is 72.3 Å². The highest BCUT2D eigenvalue weighted by atomic mass is 32.2. The predicted molar refractivity (Wildman–Crippen MR) is 193 cm³/mol. The first-order valence-electron chi connectivity index (χ1n) is 17.0. The quantitative estimate of drug-likeness (QED) is 0.271. The number of methoxy groups -OCH3 is 1. The molecule has 1 N–H and O–H groups in total. The number of carbonyl (C=O) groups excluding carboxylic acids is 2. The number of ether oxygens (including phenoxy) is 1. The fourth-order valence-electron chi connectivity index (χ4n) is 7.59. The maximum Gasteiger partial charge on any atom is 0.303 e. The number of carbonyl (C=O) groups is 2. The van der Waals surface area contributed by atoms with Crippen LogP contribution in [0.3, 0.4) is 0 Å². The van der Waals surface area contributed by atoms with Crippen LogP contribution in [0.4, 0.5) is 5.69 Å². The Hall–Kier alpha value is -4.61. The second kappa shape index (κ2) is 13.4. The Morgan fingerprint density at radius 2 is 1.63 bits per heavy atom. The summed E-state index contributed by atoms with van der Waals surface area (Å²) < 4.78 is 36.1. The standard InChI is InChI=1S/C38H43N5O5S/c1-40(2)49(46,47)39-37(44)27-14-16-33-34(24-27)43-25-29(38(45)42-20-18-41(19-21-42)30-12-8-5-9-13-30)22-28-23-31(48-3)15-17-32(28)36(43)35(33)26-10-6-4-7-11-26/h5,8-9,12-17,22-24,26H,4,6-7,10-11,18-21,25H2,1-3H3,(H,39,44). The van der Waals surface area contributed by atoms with Gasteiger partial charge < -0.3 is 19.1 Å². The number of fused-ring (bicyclic) bond motifs is 5. The highest BCUT2D eigenvalue weighted by Gasteiger charge is 2.32. The van der Waals surface area contributed by atoms with Crippen molar-refractivity contribution < 1.29 is 22.7 Å². The summed E-state index contributed by atoms with van der Waals surface area (Å²) >= 11 is 0. The van der Waals surface area contributed by atoms with Gasteiger partial charge in [0.05, 0.1) is 19.3 Å². The van der Waals surface area contributed by atoms with Gasteiger partial charge in [0.25, 0.3) is 11.8 Å². The summed E-state index contributed by atoms with van der Waals surface area (Å²) in [6.45, 7) is 3.01. The maximum absolute atomic E-state index is 14.4. The van der Waals surface area contributed by atoms with Crippen LogP contribution in [0.1, 0.15) is 59.5 Å². The summed E-state index contributed by atoms with van der Waals surface area (Å²) in [4.78, 5) is 32.0. The van der Waals surface area contributed by atoms with E-state index in [4.69, 9.17) is 4.74 Å². The summed E-state index contributed by atoms with van der Waals surface area (Å²) in [6.07, 6.45) is 7.63. The fourth-order valence-corrected chi connectivity index (χ4v) is 8.12. The minimum atomic E-state index is -3.98. The number of anilines is 1. The van der Waals surface area contributed by atoms with Gasteiger partial charge in [0.1, 0.15) is 5.75 Å². The SMILES string of the molecule is COc1ccc2c(c1)C=C(C(=O)N1CCN(c3ccccc3)CC1)Cn1c-2c(C2CCCCC2)c2ccc(C(=O)NS(=O)(=O)N(C)C)cc21. The molecule has 3 aliphatic rings. The third kappa shape index (κ3) is 6.33. The molecule has 1 aliphatic carbocycles. The molecule has 1 saturated heterocycles. The van der Waals surface area contributed by atoms with Gasteiger partial charge in [0.2, 0.25) is 0 Å². The zero-order valence-electron chi connectivity index (χ0n) is 28.3. The number of para-hydroxylation sites is 1. The van der Waals surface area contributed by atoms with Crippen molar-refractivity contribution in [2.45, 2.75) is 44.6 Å². The van der Waals surface area contributed by atoms with E-state index in [1.807, 2.05) is 47.4 Å².